The maximum atomic E-state index is 12.3. The van der Waals surface area contributed by atoms with E-state index in [0.29, 0.717) is 19.0 Å². The van der Waals surface area contributed by atoms with Crippen molar-refractivity contribution in [3.05, 3.63) is 16.1 Å². The van der Waals surface area contributed by atoms with Crippen LogP contribution in [-0.2, 0) is 11.3 Å². The molecular weight excluding hydrogens is 487 g/mol. The van der Waals surface area contributed by atoms with Crippen LogP contribution in [0.25, 0.3) is 0 Å². The van der Waals surface area contributed by atoms with E-state index in [1.54, 1.807) is 11.3 Å². The Morgan fingerprint density at radius 2 is 1.86 bits per heavy atom. The number of piperazine rings is 1. The molecule has 1 N–H and O–H groups in total. The second-order valence-electron chi connectivity index (χ2n) is 7.58. The summed E-state index contributed by atoms with van der Waals surface area (Å²) < 4.78 is 0. The Labute approximate surface area is 189 Å². The van der Waals surface area contributed by atoms with E-state index in [9.17, 15) is 4.79 Å². The van der Waals surface area contributed by atoms with Gasteiger partial charge in [0.15, 0.2) is 5.96 Å². The predicted octanol–water partition coefficient (Wildman–Crippen LogP) is 2.20. The van der Waals surface area contributed by atoms with E-state index in [4.69, 9.17) is 0 Å². The van der Waals surface area contributed by atoms with E-state index in [-0.39, 0.29) is 29.9 Å². The number of carbonyl (C=O) groups is 1. The Hall–Kier alpha value is -0.940. The van der Waals surface area contributed by atoms with Crippen LogP contribution in [0.3, 0.4) is 0 Å². The Kier molecular flexibility index (Phi) is 9.42. The van der Waals surface area contributed by atoms with E-state index in [2.05, 4.69) is 44.3 Å². The maximum absolute atomic E-state index is 12.3. The average Bonchev–Trinajstić information content (AvgIpc) is 3.35. The smallest absolute Gasteiger partial charge is 0.236 e. The number of nitrogens with one attached hydrogen (secondary N) is 1. The molecule has 3 heterocycles. The predicted molar refractivity (Wildman–Crippen MR) is 126 cm³/mol. The van der Waals surface area contributed by atoms with Crippen molar-refractivity contribution in [3.8, 4) is 0 Å². The number of aromatic nitrogens is 1. The van der Waals surface area contributed by atoms with Crippen LogP contribution in [0.5, 0.6) is 0 Å². The summed E-state index contributed by atoms with van der Waals surface area (Å²) in [5, 5.41) is 6.74. The van der Waals surface area contributed by atoms with Crippen molar-refractivity contribution in [2.45, 2.75) is 39.2 Å². The molecule has 7 nitrogen and oxygen atoms in total. The number of amides is 1. The molecule has 0 aliphatic carbocycles. The second-order valence-corrected chi connectivity index (χ2v) is 8.47. The minimum atomic E-state index is 0. The first-order chi connectivity index (χ1) is 13.1. The second kappa shape index (κ2) is 11.3. The van der Waals surface area contributed by atoms with Crippen LogP contribution in [-0.4, -0.2) is 84.4 Å². The monoisotopic (exact) mass is 520 g/mol. The number of rotatable bonds is 5. The molecule has 0 bridgehead atoms. The Bertz CT molecular complexity index is 651. The van der Waals surface area contributed by atoms with Gasteiger partial charge in [-0.2, -0.15) is 0 Å². The highest BCUT2D eigenvalue weighted by molar-refractivity contribution is 14.0. The molecule has 1 aromatic heterocycles. The van der Waals surface area contributed by atoms with Crippen molar-refractivity contribution in [3.63, 3.8) is 0 Å². The highest BCUT2D eigenvalue weighted by atomic mass is 127. The first-order valence-electron chi connectivity index (χ1n) is 9.97. The molecule has 3 rings (SSSR count). The molecule has 1 aromatic rings. The quantitative estimate of drug-likeness (QED) is 0.367. The van der Waals surface area contributed by atoms with Gasteiger partial charge >= 0.3 is 0 Å². The third-order valence-electron chi connectivity index (χ3n) is 5.19. The average molecular weight is 520 g/mol. The van der Waals surface area contributed by atoms with Gasteiger partial charge in [0, 0.05) is 57.6 Å². The summed E-state index contributed by atoms with van der Waals surface area (Å²) >= 11 is 1.72. The summed E-state index contributed by atoms with van der Waals surface area (Å²) in [4.78, 5) is 28.0. The Morgan fingerprint density at radius 3 is 2.43 bits per heavy atom. The molecule has 0 saturated carbocycles. The molecule has 2 saturated heterocycles. The van der Waals surface area contributed by atoms with Crippen LogP contribution in [0.2, 0.25) is 0 Å². The summed E-state index contributed by atoms with van der Waals surface area (Å²) in [6.07, 6.45) is 2.30. The molecule has 0 spiro atoms. The van der Waals surface area contributed by atoms with Crippen molar-refractivity contribution in [1.29, 1.82) is 0 Å². The molecule has 2 aliphatic rings. The molecule has 2 aliphatic heterocycles. The van der Waals surface area contributed by atoms with Gasteiger partial charge in [-0.3, -0.25) is 14.7 Å². The SMILES string of the molecule is CN=C(NCc1csc(C(C)C)n1)N1CCN(CC(=O)N2CCCC2)CC1.I. The number of thiazole rings is 1. The van der Waals surface area contributed by atoms with Gasteiger partial charge in [-0.1, -0.05) is 13.8 Å². The van der Waals surface area contributed by atoms with E-state index >= 15 is 0 Å². The minimum absolute atomic E-state index is 0. The molecule has 0 radical (unpaired) electrons. The standard InChI is InChI=1S/C19H32N6OS.HI/c1-15(2)18-22-16(14-27-18)12-21-19(20-3)25-10-8-23(9-11-25)13-17(26)24-6-4-5-7-24;/h14-15H,4-13H2,1-3H3,(H,20,21);1H. The van der Waals surface area contributed by atoms with Crippen LogP contribution in [0, 0.1) is 0 Å². The van der Waals surface area contributed by atoms with Crippen molar-refractivity contribution >= 4 is 47.2 Å². The summed E-state index contributed by atoms with van der Waals surface area (Å²) in [5.74, 6) is 1.67. The van der Waals surface area contributed by atoms with Gasteiger partial charge in [-0.25, -0.2) is 4.98 Å². The van der Waals surface area contributed by atoms with Gasteiger partial charge < -0.3 is 15.1 Å². The zero-order valence-corrected chi connectivity index (χ0v) is 20.3. The highest BCUT2D eigenvalue weighted by Crippen LogP contribution is 2.19. The van der Waals surface area contributed by atoms with E-state index in [1.165, 1.54) is 5.01 Å². The largest absolute Gasteiger partial charge is 0.351 e. The third kappa shape index (κ3) is 6.28. The van der Waals surface area contributed by atoms with Crippen molar-refractivity contribution in [2.75, 3.05) is 52.9 Å². The number of nitrogens with zero attached hydrogens (tertiary/aromatic N) is 5. The number of hydrogen-bond acceptors (Lipinski definition) is 5. The lowest BCUT2D eigenvalue weighted by Crippen LogP contribution is -2.54. The van der Waals surface area contributed by atoms with Crippen LogP contribution in [0.4, 0.5) is 0 Å². The highest BCUT2D eigenvalue weighted by Gasteiger charge is 2.24. The molecule has 158 valence electrons. The molecule has 2 fully saturated rings. The number of carbonyl (C=O) groups excluding carboxylic acids is 1. The summed E-state index contributed by atoms with van der Waals surface area (Å²) in [7, 11) is 1.83. The Balaban J connectivity index is 0.00000280. The van der Waals surface area contributed by atoms with Crippen LogP contribution < -0.4 is 5.32 Å². The number of aliphatic imine (C=N–C) groups is 1. The number of guanidine groups is 1. The van der Waals surface area contributed by atoms with Gasteiger partial charge in [0.25, 0.3) is 0 Å². The molecule has 0 atom stereocenters. The Morgan fingerprint density at radius 1 is 1.18 bits per heavy atom. The van der Waals surface area contributed by atoms with Gasteiger partial charge in [0.2, 0.25) is 5.91 Å². The molecule has 9 heteroatoms. The first kappa shape index (κ1) is 23.3. The fraction of sp³-hybridized carbons (Fsp3) is 0.737. The van der Waals surface area contributed by atoms with E-state index < -0.39 is 0 Å². The van der Waals surface area contributed by atoms with E-state index in [1.807, 2.05) is 11.9 Å². The van der Waals surface area contributed by atoms with Crippen molar-refractivity contribution < 1.29 is 4.79 Å². The lowest BCUT2D eigenvalue weighted by molar-refractivity contribution is -0.131. The van der Waals surface area contributed by atoms with Crippen LogP contribution in [0.1, 0.15) is 43.3 Å². The maximum Gasteiger partial charge on any atom is 0.236 e. The lowest BCUT2D eigenvalue weighted by atomic mass is 10.2. The fourth-order valence-electron chi connectivity index (χ4n) is 3.55. The zero-order valence-electron chi connectivity index (χ0n) is 17.2. The first-order valence-corrected chi connectivity index (χ1v) is 10.8. The van der Waals surface area contributed by atoms with Crippen molar-refractivity contribution in [2.24, 2.45) is 4.99 Å². The number of likely N-dealkylation sites (tertiary alicyclic amines) is 1. The zero-order chi connectivity index (χ0) is 19.2. The third-order valence-corrected chi connectivity index (χ3v) is 6.39. The molecule has 0 aromatic carbocycles. The van der Waals surface area contributed by atoms with Gasteiger partial charge in [-0.05, 0) is 12.8 Å². The number of hydrogen-bond donors (Lipinski definition) is 1. The summed E-state index contributed by atoms with van der Waals surface area (Å²) in [6.45, 7) is 11.0. The lowest BCUT2D eigenvalue weighted by Gasteiger charge is -2.36. The minimum Gasteiger partial charge on any atom is -0.351 e. The molecule has 1 amide bonds. The van der Waals surface area contributed by atoms with E-state index in [0.717, 1.165) is 63.8 Å². The van der Waals surface area contributed by atoms with Crippen LogP contribution in [0.15, 0.2) is 10.4 Å². The van der Waals surface area contributed by atoms with Gasteiger partial charge in [0.1, 0.15) is 0 Å². The molecule has 28 heavy (non-hydrogen) atoms. The number of halogens is 1. The molecule has 0 unspecified atom stereocenters. The summed E-state index contributed by atoms with van der Waals surface area (Å²) in [6, 6.07) is 0. The van der Waals surface area contributed by atoms with Crippen LogP contribution >= 0.6 is 35.3 Å². The normalized spacial score (nSPS) is 18.5. The van der Waals surface area contributed by atoms with Crippen molar-refractivity contribution in [1.82, 2.24) is 25.0 Å². The summed E-state index contributed by atoms with van der Waals surface area (Å²) in [5.41, 5.74) is 1.07. The van der Waals surface area contributed by atoms with Gasteiger partial charge in [-0.15, -0.1) is 35.3 Å². The topological polar surface area (TPSA) is 64.1 Å². The molecular formula is C19H33IN6OS. The van der Waals surface area contributed by atoms with Gasteiger partial charge in [0.05, 0.1) is 23.8 Å². The fourth-order valence-corrected chi connectivity index (χ4v) is 4.38.